The molecule has 0 radical (unpaired) electrons. The Morgan fingerprint density at radius 3 is 2.78 bits per heavy atom. The van der Waals surface area contributed by atoms with E-state index in [2.05, 4.69) is 15.6 Å². The number of aliphatic hydroxyl groups is 1. The molecule has 122 valence electrons. The highest BCUT2D eigenvalue weighted by Gasteiger charge is 2.42. The van der Waals surface area contributed by atoms with Gasteiger partial charge >= 0.3 is 6.03 Å². The molecule has 1 aromatic heterocycles. The molecule has 1 fully saturated rings. The lowest BCUT2D eigenvalue weighted by Crippen LogP contribution is -2.53. The molecule has 0 saturated heterocycles. The van der Waals surface area contributed by atoms with Crippen LogP contribution in [0.4, 0.5) is 4.79 Å². The van der Waals surface area contributed by atoms with Gasteiger partial charge in [0.2, 0.25) is 0 Å². The molecule has 6 heteroatoms. The zero-order chi connectivity index (χ0) is 16.3. The van der Waals surface area contributed by atoms with Crippen LogP contribution in [0.5, 0.6) is 0 Å². The van der Waals surface area contributed by atoms with E-state index in [9.17, 15) is 9.90 Å². The number of hydrogen-bond donors (Lipinski definition) is 3. The lowest BCUT2D eigenvalue weighted by molar-refractivity contribution is 0.155. The van der Waals surface area contributed by atoms with E-state index in [0.717, 1.165) is 29.1 Å². The van der Waals surface area contributed by atoms with Crippen molar-refractivity contribution in [1.82, 2.24) is 15.6 Å². The van der Waals surface area contributed by atoms with Crippen molar-refractivity contribution < 1.29 is 9.90 Å². The first kappa shape index (κ1) is 16.0. The van der Waals surface area contributed by atoms with Crippen LogP contribution < -0.4 is 10.6 Å². The zero-order valence-corrected chi connectivity index (χ0v) is 13.9. The highest BCUT2D eigenvalue weighted by Crippen LogP contribution is 2.39. The van der Waals surface area contributed by atoms with Crippen molar-refractivity contribution in [3.63, 3.8) is 0 Å². The molecule has 3 rings (SSSR count). The minimum atomic E-state index is -0.526. The smallest absolute Gasteiger partial charge is 0.315 e. The van der Waals surface area contributed by atoms with Gasteiger partial charge in [0, 0.05) is 10.9 Å². The largest absolute Gasteiger partial charge is 0.394 e. The molecule has 0 bridgehead atoms. The van der Waals surface area contributed by atoms with E-state index in [1.165, 1.54) is 0 Å². The first-order valence-electron chi connectivity index (χ1n) is 7.77. The number of carbonyl (C=O) groups excluding carboxylic acids is 1. The third-order valence-electron chi connectivity index (χ3n) is 4.21. The molecule has 0 aliphatic heterocycles. The average Bonchev–Trinajstić information content (AvgIpc) is 3.33. The Morgan fingerprint density at radius 2 is 2.13 bits per heavy atom. The third kappa shape index (κ3) is 3.89. The summed E-state index contributed by atoms with van der Waals surface area (Å²) in [6.07, 6.45) is 2.12. The van der Waals surface area contributed by atoms with Crippen molar-refractivity contribution >= 4 is 17.4 Å². The predicted octanol–water partition coefficient (Wildman–Crippen LogP) is 2.77. The van der Waals surface area contributed by atoms with Gasteiger partial charge in [-0.1, -0.05) is 30.3 Å². The molecule has 2 aromatic rings. The standard InChI is InChI=1S/C17H21N3O2S/c1-17(11-21,13-7-8-13)20-16(22)18-9-14-10-23-15(19-14)12-5-3-2-4-6-12/h2-6,10,13,21H,7-9,11H2,1H3,(H2,18,20,22). The monoisotopic (exact) mass is 331 g/mol. The summed E-state index contributed by atoms with van der Waals surface area (Å²) in [6, 6.07) is 9.71. The summed E-state index contributed by atoms with van der Waals surface area (Å²) in [6.45, 7) is 2.22. The van der Waals surface area contributed by atoms with Gasteiger partial charge in [0.05, 0.1) is 24.4 Å². The van der Waals surface area contributed by atoms with Gasteiger partial charge in [0.15, 0.2) is 0 Å². The van der Waals surface area contributed by atoms with Gasteiger partial charge in [0.25, 0.3) is 0 Å². The third-order valence-corrected chi connectivity index (χ3v) is 5.15. The summed E-state index contributed by atoms with van der Waals surface area (Å²) in [7, 11) is 0. The van der Waals surface area contributed by atoms with Crippen molar-refractivity contribution in [2.75, 3.05) is 6.61 Å². The van der Waals surface area contributed by atoms with Crippen molar-refractivity contribution in [1.29, 1.82) is 0 Å². The van der Waals surface area contributed by atoms with Gasteiger partial charge < -0.3 is 15.7 Å². The topological polar surface area (TPSA) is 74.2 Å². The first-order chi connectivity index (χ1) is 11.1. The minimum Gasteiger partial charge on any atom is -0.394 e. The van der Waals surface area contributed by atoms with Crippen LogP contribution in [0.1, 0.15) is 25.5 Å². The van der Waals surface area contributed by atoms with E-state index in [-0.39, 0.29) is 12.6 Å². The number of aromatic nitrogens is 1. The molecule has 1 unspecified atom stereocenters. The summed E-state index contributed by atoms with van der Waals surface area (Å²) < 4.78 is 0. The second kappa shape index (κ2) is 6.68. The molecule has 0 spiro atoms. The SMILES string of the molecule is CC(CO)(NC(=O)NCc1csc(-c2ccccc2)n1)C1CC1. The van der Waals surface area contributed by atoms with Gasteiger partial charge in [0.1, 0.15) is 5.01 Å². The van der Waals surface area contributed by atoms with E-state index >= 15 is 0 Å². The summed E-state index contributed by atoms with van der Waals surface area (Å²) in [5.74, 6) is 0.377. The Labute approximate surface area is 139 Å². The molecule has 2 amide bonds. The Bertz CT molecular complexity index is 669. The molecule has 1 aliphatic carbocycles. The summed E-state index contributed by atoms with van der Waals surface area (Å²) >= 11 is 1.56. The van der Waals surface area contributed by atoms with Crippen LogP contribution in [0, 0.1) is 5.92 Å². The highest BCUT2D eigenvalue weighted by atomic mass is 32.1. The fraction of sp³-hybridized carbons (Fsp3) is 0.412. The molecular formula is C17H21N3O2S. The number of urea groups is 1. The van der Waals surface area contributed by atoms with Crippen LogP contribution in [0.15, 0.2) is 35.7 Å². The Hall–Kier alpha value is -1.92. The van der Waals surface area contributed by atoms with Gasteiger partial charge in [-0.15, -0.1) is 11.3 Å². The van der Waals surface area contributed by atoms with E-state index in [1.807, 2.05) is 42.6 Å². The predicted molar refractivity (Wildman–Crippen MR) is 91.1 cm³/mol. The summed E-state index contributed by atoms with van der Waals surface area (Å²) in [5.41, 5.74) is 1.39. The highest BCUT2D eigenvalue weighted by molar-refractivity contribution is 7.13. The molecule has 23 heavy (non-hydrogen) atoms. The fourth-order valence-electron chi connectivity index (χ4n) is 2.57. The van der Waals surface area contributed by atoms with Gasteiger partial charge in [-0.3, -0.25) is 0 Å². The normalized spacial score (nSPS) is 16.6. The second-order valence-corrected chi connectivity index (χ2v) is 7.03. The quantitative estimate of drug-likeness (QED) is 0.762. The summed E-state index contributed by atoms with van der Waals surface area (Å²) in [4.78, 5) is 16.6. The van der Waals surface area contributed by atoms with Crippen LogP contribution in [0.25, 0.3) is 10.6 Å². The van der Waals surface area contributed by atoms with Crippen LogP contribution in [-0.2, 0) is 6.54 Å². The van der Waals surface area contributed by atoms with Crippen molar-refractivity contribution in [3.8, 4) is 10.6 Å². The number of amides is 2. The van der Waals surface area contributed by atoms with Crippen LogP contribution in [0.2, 0.25) is 0 Å². The lowest BCUT2D eigenvalue weighted by atomic mass is 9.97. The maximum atomic E-state index is 12.0. The van der Waals surface area contributed by atoms with Crippen LogP contribution in [-0.4, -0.2) is 28.3 Å². The Morgan fingerprint density at radius 1 is 1.39 bits per heavy atom. The molecule has 1 aromatic carbocycles. The number of carbonyl (C=O) groups is 1. The molecule has 1 aliphatic rings. The number of rotatable bonds is 6. The average molecular weight is 331 g/mol. The molecule has 1 atom stereocenters. The molecule has 1 saturated carbocycles. The van der Waals surface area contributed by atoms with Crippen molar-refractivity contribution in [2.24, 2.45) is 5.92 Å². The van der Waals surface area contributed by atoms with Crippen LogP contribution >= 0.6 is 11.3 Å². The maximum absolute atomic E-state index is 12.0. The van der Waals surface area contributed by atoms with E-state index in [4.69, 9.17) is 0 Å². The number of benzene rings is 1. The maximum Gasteiger partial charge on any atom is 0.315 e. The van der Waals surface area contributed by atoms with Crippen LogP contribution in [0.3, 0.4) is 0 Å². The molecule has 1 heterocycles. The Balaban J connectivity index is 1.54. The lowest BCUT2D eigenvalue weighted by Gasteiger charge is -2.28. The second-order valence-electron chi connectivity index (χ2n) is 6.17. The molecular weight excluding hydrogens is 310 g/mol. The minimum absolute atomic E-state index is 0.0417. The molecule has 3 N–H and O–H groups in total. The summed E-state index contributed by atoms with van der Waals surface area (Å²) in [5, 5.41) is 18.1. The number of thiazole rings is 1. The number of hydrogen-bond acceptors (Lipinski definition) is 4. The first-order valence-corrected chi connectivity index (χ1v) is 8.65. The zero-order valence-electron chi connectivity index (χ0n) is 13.1. The number of aliphatic hydroxyl groups excluding tert-OH is 1. The van der Waals surface area contributed by atoms with Gasteiger partial charge in [-0.05, 0) is 25.7 Å². The van der Waals surface area contributed by atoms with Crippen molar-refractivity contribution in [2.45, 2.75) is 31.8 Å². The van der Waals surface area contributed by atoms with Gasteiger partial charge in [-0.25, -0.2) is 9.78 Å². The number of nitrogens with zero attached hydrogens (tertiary/aromatic N) is 1. The number of nitrogens with one attached hydrogen (secondary N) is 2. The van der Waals surface area contributed by atoms with E-state index < -0.39 is 5.54 Å². The van der Waals surface area contributed by atoms with Gasteiger partial charge in [-0.2, -0.15) is 0 Å². The van der Waals surface area contributed by atoms with E-state index in [0.29, 0.717) is 12.5 Å². The fourth-order valence-corrected chi connectivity index (χ4v) is 3.39. The van der Waals surface area contributed by atoms with Crippen molar-refractivity contribution in [3.05, 3.63) is 41.4 Å². The Kier molecular flexibility index (Phi) is 4.63. The van der Waals surface area contributed by atoms with E-state index in [1.54, 1.807) is 11.3 Å². The molecule has 5 nitrogen and oxygen atoms in total.